The second-order valence-corrected chi connectivity index (χ2v) is 6.76. The molecule has 3 heterocycles. The number of hydrogen-bond donors (Lipinski definition) is 1. The number of aryl methyl sites for hydroxylation is 1. The molecule has 0 aromatic carbocycles. The number of amides is 1. The first kappa shape index (κ1) is 17.3. The van der Waals surface area contributed by atoms with Gasteiger partial charge in [0, 0.05) is 32.2 Å². The summed E-state index contributed by atoms with van der Waals surface area (Å²) in [6, 6.07) is 1.77. The smallest absolute Gasteiger partial charge is 0.244 e. The Morgan fingerprint density at radius 3 is 2.84 bits per heavy atom. The molecular formula is C17H24N6O2. The highest BCUT2D eigenvalue weighted by Gasteiger charge is 2.36. The lowest BCUT2D eigenvalue weighted by Crippen LogP contribution is -2.55. The van der Waals surface area contributed by atoms with E-state index in [-0.39, 0.29) is 19.0 Å². The van der Waals surface area contributed by atoms with Crippen molar-refractivity contribution in [3.05, 3.63) is 36.4 Å². The molecule has 2 aromatic heterocycles. The summed E-state index contributed by atoms with van der Waals surface area (Å²) in [7, 11) is 1.72. The van der Waals surface area contributed by atoms with Crippen molar-refractivity contribution in [1.29, 1.82) is 0 Å². The van der Waals surface area contributed by atoms with Gasteiger partial charge in [0.2, 0.25) is 11.9 Å². The maximum Gasteiger partial charge on any atom is 0.244 e. The van der Waals surface area contributed by atoms with Crippen LogP contribution in [0, 0.1) is 6.92 Å². The summed E-state index contributed by atoms with van der Waals surface area (Å²) < 4.78 is 1.61. The van der Waals surface area contributed by atoms with E-state index in [2.05, 4.69) is 15.1 Å². The second kappa shape index (κ2) is 7.18. The molecular weight excluding hydrogens is 320 g/mol. The van der Waals surface area contributed by atoms with E-state index in [0.717, 1.165) is 18.5 Å². The molecule has 3 rings (SSSR count). The Morgan fingerprint density at radius 2 is 2.16 bits per heavy atom. The summed E-state index contributed by atoms with van der Waals surface area (Å²) >= 11 is 0. The Morgan fingerprint density at radius 1 is 1.40 bits per heavy atom. The van der Waals surface area contributed by atoms with Gasteiger partial charge in [-0.1, -0.05) is 0 Å². The van der Waals surface area contributed by atoms with Gasteiger partial charge in [-0.2, -0.15) is 5.10 Å². The minimum Gasteiger partial charge on any atom is -0.386 e. The highest BCUT2D eigenvalue weighted by Crippen LogP contribution is 2.24. The molecule has 1 fully saturated rings. The number of carbonyl (C=O) groups excluding carboxylic acids is 1. The number of hydrogen-bond acceptors (Lipinski definition) is 6. The molecule has 1 saturated heterocycles. The molecule has 0 radical (unpaired) electrons. The number of β-amino-alcohol motifs (C(OH)–C–C–N with tert-alkyl or cyclic N) is 1. The van der Waals surface area contributed by atoms with Gasteiger partial charge < -0.3 is 14.9 Å². The lowest BCUT2D eigenvalue weighted by atomic mass is 9.92. The van der Waals surface area contributed by atoms with E-state index in [1.807, 2.05) is 18.0 Å². The van der Waals surface area contributed by atoms with Crippen molar-refractivity contribution in [2.45, 2.75) is 31.9 Å². The highest BCUT2D eigenvalue weighted by molar-refractivity contribution is 5.75. The Hall–Kier alpha value is -2.48. The van der Waals surface area contributed by atoms with Crippen molar-refractivity contribution >= 4 is 11.9 Å². The number of aliphatic hydroxyl groups is 1. The normalized spacial score (nSPS) is 20.5. The Kier molecular flexibility index (Phi) is 4.98. The van der Waals surface area contributed by atoms with Crippen LogP contribution in [0.5, 0.6) is 0 Å². The van der Waals surface area contributed by atoms with Crippen LogP contribution in [0.2, 0.25) is 0 Å². The molecule has 2 aromatic rings. The largest absolute Gasteiger partial charge is 0.386 e. The Bertz CT molecular complexity index is 719. The maximum atomic E-state index is 12.4. The summed E-state index contributed by atoms with van der Waals surface area (Å²) in [6.07, 6.45) is 8.41. The number of rotatable bonds is 5. The average Bonchev–Trinajstić information content (AvgIpc) is 3.00. The van der Waals surface area contributed by atoms with E-state index in [4.69, 9.17) is 0 Å². The third-order valence-electron chi connectivity index (χ3n) is 4.41. The predicted molar refractivity (Wildman–Crippen MR) is 93.0 cm³/mol. The molecule has 1 amide bonds. The molecule has 0 spiro atoms. The van der Waals surface area contributed by atoms with Crippen LogP contribution in [0.1, 0.15) is 18.4 Å². The Balaban J connectivity index is 1.61. The molecule has 1 aliphatic heterocycles. The molecule has 0 unspecified atom stereocenters. The van der Waals surface area contributed by atoms with Crippen molar-refractivity contribution in [3.63, 3.8) is 0 Å². The van der Waals surface area contributed by atoms with Gasteiger partial charge in [-0.15, -0.1) is 0 Å². The van der Waals surface area contributed by atoms with E-state index in [1.165, 1.54) is 0 Å². The minimum atomic E-state index is -0.970. The van der Waals surface area contributed by atoms with E-state index in [0.29, 0.717) is 18.9 Å². The van der Waals surface area contributed by atoms with E-state index in [1.54, 1.807) is 41.3 Å². The minimum absolute atomic E-state index is 0.0791. The van der Waals surface area contributed by atoms with Crippen molar-refractivity contribution in [3.8, 4) is 0 Å². The predicted octanol–water partition coefficient (Wildman–Crippen LogP) is 0.471. The fourth-order valence-corrected chi connectivity index (χ4v) is 3.21. The molecule has 1 aliphatic rings. The zero-order valence-corrected chi connectivity index (χ0v) is 14.7. The van der Waals surface area contributed by atoms with Gasteiger partial charge in [0.1, 0.15) is 6.54 Å². The lowest BCUT2D eigenvalue weighted by Gasteiger charge is -2.41. The summed E-state index contributed by atoms with van der Waals surface area (Å²) in [5, 5.41) is 15.1. The standard InChI is InChI=1S/C17H24N6O2/c1-14-9-20-23(10-14)11-15(24)21(2)12-17(25)5-3-8-22(13-17)16-18-6-4-7-19-16/h4,6-7,9-10,25H,3,5,8,11-13H2,1-2H3/t17-/m1/s1. The van der Waals surface area contributed by atoms with Crippen LogP contribution in [0.3, 0.4) is 0 Å². The molecule has 25 heavy (non-hydrogen) atoms. The van der Waals surface area contributed by atoms with Crippen LogP contribution in [0.15, 0.2) is 30.9 Å². The van der Waals surface area contributed by atoms with E-state index >= 15 is 0 Å². The summed E-state index contributed by atoms with van der Waals surface area (Å²) in [5.41, 5.74) is 0.0434. The van der Waals surface area contributed by atoms with Gasteiger partial charge in [0.15, 0.2) is 0 Å². The first-order valence-electron chi connectivity index (χ1n) is 8.43. The van der Waals surface area contributed by atoms with Gasteiger partial charge in [0.25, 0.3) is 0 Å². The first-order valence-corrected chi connectivity index (χ1v) is 8.43. The van der Waals surface area contributed by atoms with Crippen LogP contribution in [0.25, 0.3) is 0 Å². The molecule has 0 saturated carbocycles. The van der Waals surface area contributed by atoms with Crippen LogP contribution < -0.4 is 4.90 Å². The fraction of sp³-hybridized carbons (Fsp3) is 0.529. The van der Waals surface area contributed by atoms with Crippen LogP contribution >= 0.6 is 0 Å². The number of carbonyl (C=O) groups is 1. The molecule has 0 aliphatic carbocycles. The summed E-state index contributed by atoms with van der Waals surface area (Å²) in [4.78, 5) is 24.5. The Labute approximate surface area is 147 Å². The first-order chi connectivity index (χ1) is 12.0. The maximum absolute atomic E-state index is 12.4. The van der Waals surface area contributed by atoms with Crippen LogP contribution in [-0.4, -0.2) is 67.9 Å². The molecule has 1 N–H and O–H groups in total. The van der Waals surface area contributed by atoms with Crippen molar-refractivity contribution < 1.29 is 9.90 Å². The van der Waals surface area contributed by atoms with Gasteiger partial charge in [-0.25, -0.2) is 9.97 Å². The SMILES string of the molecule is Cc1cnn(CC(=O)N(C)C[C@]2(O)CCCN(c3ncccn3)C2)c1. The summed E-state index contributed by atoms with van der Waals surface area (Å²) in [5.74, 6) is 0.534. The molecule has 0 bridgehead atoms. The quantitative estimate of drug-likeness (QED) is 0.848. The molecule has 1 atom stereocenters. The van der Waals surface area contributed by atoms with Gasteiger partial charge in [-0.05, 0) is 31.4 Å². The zero-order valence-electron chi connectivity index (χ0n) is 14.7. The third-order valence-corrected chi connectivity index (χ3v) is 4.41. The van der Waals surface area contributed by atoms with Crippen molar-refractivity contribution in [1.82, 2.24) is 24.6 Å². The fourth-order valence-electron chi connectivity index (χ4n) is 3.21. The van der Waals surface area contributed by atoms with Crippen molar-refractivity contribution in [2.24, 2.45) is 0 Å². The monoisotopic (exact) mass is 344 g/mol. The van der Waals surface area contributed by atoms with Gasteiger partial charge in [0.05, 0.1) is 24.9 Å². The topological polar surface area (TPSA) is 87.4 Å². The lowest BCUT2D eigenvalue weighted by molar-refractivity contribution is -0.134. The molecule has 8 nitrogen and oxygen atoms in total. The molecule has 8 heteroatoms. The van der Waals surface area contributed by atoms with Crippen LogP contribution in [0.4, 0.5) is 5.95 Å². The third kappa shape index (κ3) is 4.33. The number of piperidine rings is 1. The van der Waals surface area contributed by atoms with E-state index in [9.17, 15) is 9.90 Å². The number of aromatic nitrogens is 4. The van der Waals surface area contributed by atoms with Gasteiger partial charge in [-0.3, -0.25) is 9.48 Å². The zero-order chi connectivity index (χ0) is 17.9. The number of likely N-dealkylation sites (N-methyl/N-ethyl adjacent to an activating group) is 1. The molecule has 134 valence electrons. The average molecular weight is 344 g/mol. The van der Waals surface area contributed by atoms with Gasteiger partial charge >= 0.3 is 0 Å². The summed E-state index contributed by atoms with van der Waals surface area (Å²) in [6.45, 7) is 3.59. The highest BCUT2D eigenvalue weighted by atomic mass is 16.3. The number of anilines is 1. The number of nitrogens with zero attached hydrogens (tertiary/aromatic N) is 6. The van der Waals surface area contributed by atoms with E-state index < -0.39 is 5.60 Å². The van der Waals surface area contributed by atoms with Crippen LogP contribution in [-0.2, 0) is 11.3 Å². The van der Waals surface area contributed by atoms with Crippen molar-refractivity contribution in [2.75, 3.05) is 31.6 Å². The second-order valence-electron chi connectivity index (χ2n) is 6.76.